The quantitative estimate of drug-likeness (QED) is 0.744. The number of anilines is 2. The van der Waals surface area contributed by atoms with Gasteiger partial charge in [-0.1, -0.05) is 13.8 Å². The van der Waals surface area contributed by atoms with Crippen molar-refractivity contribution in [1.29, 1.82) is 5.26 Å². The zero-order valence-electron chi connectivity index (χ0n) is 9.91. The maximum absolute atomic E-state index is 11.3. The van der Waals surface area contributed by atoms with Crippen molar-refractivity contribution >= 4 is 27.9 Å². The second-order valence-corrected chi connectivity index (χ2v) is 4.70. The van der Waals surface area contributed by atoms with Crippen molar-refractivity contribution in [2.75, 3.05) is 11.1 Å². The lowest BCUT2D eigenvalue weighted by molar-refractivity contribution is 0.100. The summed E-state index contributed by atoms with van der Waals surface area (Å²) in [4.78, 5) is 11.7. The molecule has 6 heteroatoms. The van der Waals surface area contributed by atoms with Crippen LogP contribution in [0.15, 0.2) is 0 Å². The van der Waals surface area contributed by atoms with Crippen LogP contribution in [0.3, 0.4) is 0 Å². The Hall–Kier alpha value is -1.74. The van der Waals surface area contributed by atoms with Crippen LogP contribution in [0.1, 0.15) is 41.9 Å². The predicted octanol–water partition coefficient (Wildman–Crippen LogP) is 1.90. The second-order valence-electron chi connectivity index (χ2n) is 3.68. The number of hydrogen-bond donors (Lipinski definition) is 3. The summed E-state index contributed by atoms with van der Waals surface area (Å²) in [6.07, 6.45) is 1.85. The van der Waals surface area contributed by atoms with Gasteiger partial charge in [-0.3, -0.25) is 4.79 Å². The van der Waals surface area contributed by atoms with E-state index in [4.69, 9.17) is 16.7 Å². The molecule has 0 spiro atoms. The first kappa shape index (κ1) is 13.3. The number of primary amides is 1. The minimum absolute atomic E-state index is 0.179. The van der Waals surface area contributed by atoms with Gasteiger partial charge < -0.3 is 16.8 Å². The lowest BCUT2D eigenvalue weighted by Gasteiger charge is -2.15. The van der Waals surface area contributed by atoms with Gasteiger partial charge in [-0.2, -0.15) is 5.26 Å². The van der Waals surface area contributed by atoms with E-state index < -0.39 is 5.91 Å². The van der Waals surface area contributed by atoms with Gasteiger partial charge in [0.05, 0.1) is 11.3 Å². The maximum Gasteiger partial charge on any atom is 0.253 e. The highest BCUT2D eigenvalue weighted by Gasteiger charge is 2.21. The smallest absolute Gasteiger partial charge is 0.253 e. The van der Waals surface area contributed by atoms with Crippen molar-refractivity contribution in [1.82, 2.24) is 0 Å². The van der Waals surface area contributed by atoms with Crippen LogP contribution in [0.25, 0.3) is 0 Å². The third kappa shape index (κ3) is 2.68. The van der Waals surface area contributed by atoms with E-state index in [9.17, 15) is 4.79 Å². The molecule has 0 aliphatic carbocycles. The highest BCUT2D eigenvalue weighted by atomic mass is 32.1. The molecule has 0 bridgehead atoms. The Morgan fingerprint density at radius 3 is 2.53 bits per heavy atom. The van der Waals surface area contributed by atoms with Gasteiger partial charge in [0, 0.05) is 6.04 Å². The molecule has 0 unspecified atom stereocenters. The van der Waals surface area contributed by atoms with Crippen molar-refractivity contribution in [3.8, 4) is 6.07 Å². The molecule has 0 aliphatic heterocycles. The number of carbonyl (C=O) groups is 1. The fraction of sp³-hybridized carbons (Fsp3) is 0.455. The average molecular weight is 252 g/mol. The molecule has 1 rings (SSSR count). The van der Waals surface area contributed by atoms with Crippen LogP contribution in [0, 0.1) is 11.3 Å². The molecule has 0 fully saturated rings. The zero-order chi connectivity index (χ0) is 13.0. The Bertz CT molecular complexity index is 457. The van der Waals surface area contributed by atoms with Gasteiger partial charge in [-0.25, -0.2) is 0 Å². The summed E-state index contributed by atoms with van der Waals surface area (Å²) in [6.45, 7) is 4.10. The Balaban J connectivity index is 3.15. The molecule has 0 atom stereocenters. The molecule has 1 aromatic rings. The number of nitrogen functional groups attached to an aromatic ring is 1. The van der Waals surface area contributed by atoms with Crippen LogP contribution in [0.2, 0.25) is 0 Å². The molecular formula is C11H16N4OS. The summed E-state index contributed by atoms with van der Waals surface area (Å²) in [7, 11) is 0. The van der Waals surface area contributed by atoms with Gasteiger partial charge in [0.1, 0.15) is 15.9 Å². The summed E-state index contributed by atoms with van der Waals surface area (Å²) < 4.78 is 0. The number of nitrogens with zero attached hydrogens (tertiary/aromatic N) is 1. The minimum atomic E-state index is -0.603. The maximum atomic E-state index is 11.3. The first-order valence-corrected chi connectivity index (χ1v) is 6.25. The molecule has 1 aromatic heterocycles. The number of hydrogen-bond acceptors (Lipinski definition) is 5. The molecule has 0 aliphatic rings. The van der Waals surface area contributed by atoms with E-state index in [1.807, 2.05) is 19.9 Å². The molecule has 1 heterocycles. The standard InChI is InChI=1S/C11H16N4OS/c1-3-6(4-2)15-11-8(10(14)16)9(13)7(5-12)17-11/h6,15H,3-4,13H2,1-2H3,(H2,14,16). The summed E-state index contributed by atoms with van der Waals surface area (Å²) in [5, 5.41) is 12.7. The number of carbonyl (C=O) groups excluding carboxylic acids is 1. The topological polar surface area (TPSA) is 105 Å². The molecule has 1 amide bonds. The van der Waals surface area contributed by atoms with Gasteiger partial charge in [-0.05, 0) is 12.8 Å². The summed E-state index contributed by atoms with van der Waals surface area (Å²) in [5.74, 6) is -0.603. The molecule has 5 N–H and O–H groups in total. The number of thiophene rings is 1. The molecule has 0 radical (unpaired) electrons. The summed E-state index contributed by atoms with van der Waals surface area (Å²) >= 11 is 1.18. The number of nitriles is 1. The first-order chi connectivity index (χ1) is 8.04. The van der Waals surface area contributed by atoms with Crippen LogP contribution in [-0.4, -0.2) is 11.9 Å². The van der Waals surface area contributed by atoms with Gasteiger partial charge in [-0.15, -0.1) is 11.3 Å². The predicted molar refractivity (Wildman–Crippen MR) is 70.0 cm³/mol. The van der Waals surface area contributed by atoms with E-state index in [-0.39, 0.29) is 17.3 Å². The van der Waals surface area contributed by atoms with Crippen molar-refractivity contribution in [2.45, 2.75) is 32.7 Å². The van der Waals surface area contributed by atoms with E-state index in [0.717, 1.165) is 12.8 Å². The number of amides is 1. The molecule has 92 valence electrons. The normalized spacial score (nSPS) is 10.2. The van der Waals surface area contributed by atoms with E-state index in [2.05, 4.69) is 5.32 Å². The van der Waals surface area contributed by atoms with E-state index in [1.54, 1.807) is 0 Å². The highest BCUT2D eigenvalue weighted by Crippen LogP contribution is 2.35. The number of nitrogens with two attached hydrogens (primary N) is 2. The van der Waals surface area contributed by atoms with Gasteiger partial charge in [0.15, 0.2) is 0 Å². The van der Waals surface area contributed by atoms with Gasteiger partial charge in [0.25, 0.3) is 5.91 Å². The largest absolute Gasteiger partial charge is 0.396 e. The van der Waals surface area contributed by atoms with Crippen molar-refractivity contribution in [2.24, 2.45) is 5.73 Å². The first-order valence-electron chi connectivity index (χ1n) is 5.43. The van der Waals surface area contributed by atoms with Crippen LogP contribution in [0.5, 0.6) is 0 Å². The minimum Gasteiger partial charge on any atom is -0.396 e. The Labute approximate surface area is 104 Å². The lowest BCUT2D eigenvalue weighted by atomic mass is 10.1. The molecule has 0 saturated carbocycles. The van der Waals surface area contributed by atoms with Crippen molar-refractivity contribution < 1.29 is 4.79 Å². The fourth-order valence-electron chi connectivity index (χ4n) is 1.55. The van der Waals surface area contributed by atoms with Gasteiger partial charge in [0.2, 0.25) is 0 Å². The van der Waals surface area contributed by atoms with Crippen molar-refractivity contribution in [3.05, 3.63) is 10.4 Å². The van der Waals surface area contributed by atoms with E-state index in [1.165, 1.54) is 11.3 Å². The molecule has 5 nitrogen and oxygen atoms in total. The highest BCUT2D eigenvalue weighted by molar-refractivity contribution is 7.17. The summed E-state index contributed by atoms with van der Waals surface area (Å²) in [5.41, 5.74) is 11.4. The number of nitrogens with one attached hydrogen (secondary N) is 1. The third-order valence-corrected chi connectivity index (χ3v) is 3.66. The summed E-state index contributed by atoms with van der Waals surface area (Å²) in [6, 6.07) is 2.21. The second kappa shape index (κ2) is 5.55. The van der Waals surface area contributed by atoms with Crippen LogP contribution in [0.4, 0.5) is 10.7 Å². The fourth-order valence-corrected chi connectivity index (χ4v) is 2.55. The third-order valence-electron chi connectivity index (χ3n) is 2.61. The lowest BCUT2D eigenvalue weighted by Crippen LogP contribution is -2.20. The number of rotatable bonds is 5. The molecule has 0 aromatic carbocycles. The van der Waals surface area contributed by atoms with E-state index in [0.29, 0.717) is 9.88 Å². The van der Waals surface area contributed by atoms with Gasteiger partial charge >= 0.3 is 0 Å². The average Bonchev–Trinajstić information content (AvgIpc) is 2.62. The Morgan fingerprint density at radius 1 is 1.53 bits per heavy atom. The van der Waals surface area contributed by atoms with Crippen LogP contribution in [-0.2, 0) is 0 Å². The van der Waals surface area contributed by atoms with Crippen LogP contribution >= 0.6 is 11.3 Å². The Kier molecular flexibility index (Phi) is 4.35. The SMILES string of the molecule is CCC(CC)Nc1sc(C#N)c(N)c1C(N)=O. The monoisotopic (exact) mass is 252 g/mol. The van der Waals surface area contributed by atoms with Crippen molar-refractivity contribution in [3.63, 3.8) is 0 Å². The molecule has 0 saturated heterocycles. The molecular weight excluding hydrogens is 236 g/mol. The molecule has 17 heavy (non-hydrogen) atoms. The van der Waals surface area contributed by atoms with E-state index >= 15 is 0 Å². The Morgan fingerprint density at radius 2 is 2.12 bits per heavy atom. The zero-order valence-corrected chi connectivity index (χ0v) is 10.7. The van der Waals surface area contributed by atoms with Crippen LogP contribution < -0.4 is 16.8 Å².